The van der Waals surface area contributed by atoms with E-state index in [9.17, 15) is 4.79 Å². The standard InChI is InChI=1S/C29H32N8O/c1-36-26-10-6-5-9-25(26)32-29(36)37(24-17-15-22(16-18-24)21-7-3-2-4-8-21)19-20-11-13-23(14-12-20)27(38)33-28(34-30)35-31/h5-7,9-18H,2-4,8,19,30-31H2,1H3,(H2,33,34,35,38). The second-order valence-electron chi connectivity index (χ2n) is 9.34. The molecule has 0 fully saturated rings. The first-order chi connectivity index (χ1) is 18.6. The first-order valence-corrected chi connectivity index (χ1v) is 12.7. The smallest absolute Gasteiger partial charge is 0.258 e. The Morgan fingerprint density at radius 3 is 2.47 bits per heavy atom. The maximum atomic E-state index is 12.5. The zero-order valence-electron chi connectivity index (χ0n) is 21.4. The van der Waals surface area contributed by atoms with Crippen LogP contribution in [0.3, 0.4) is 0 Å². The third-order valence-electron chi connectivity index (χ3n) is 6.90. The number of hydrazine groups is 1. The summed E-state index contributed by atoms with van der Waals surface area (Å²) in [5.41, 5.74) is 9.49. The van der Waals surface area contributed by atoms with Gasteiger partial charge in [0.1, 0.15) is 0 Å². The van der Waals surface area contributed by atoms with E-state index in [4.69, 9.17) is 16.7 Å². The minimum absolute atomic E-state index is 0.0143. The zero-order chi connectivity index (χ0) is 26.5. The lowest BCUT2D eigenvalue weighted by atomic mass is 9.93. The highest BCUT2D eigenvalue weighted by Gasteiger charge is 2.19. The van der Waals surface area contributed by atoms with E-state index in [1.807, 2.05) is 37.4 Å². The molecule has 3 aromatic carbocycles. The predicted octanol–water partition coefficient (Wildman–Crippen LogP) is 4.29. The number of benzene rings is 3. The molecule has 0 unspecified atom stereocenters. The molecule has 4 aromatic rings. The van der Waals surface area contributed by atoms with E-state index in [1.165, 1.54) is 24.0 Å². The Morgan fingerprint density at radius 1 is 1.05 bits per heavy atom. The number of aryl methyl sites for hydroxylation is 1. The summed E-state index contributed by atoms with van der Waals surface area (Å²) in [6.45, 7) is 0.570. The molecule has 0 saturated carbocycles. The lowest BCUT2D eigenvalue weighted by Crippen LogP contribution is -2.45. The molecule has 0 atom stereocenters. The Morgan fingerprint density at radius 2 is 1.82 bits per heavy atom. The van der Waals surface area contributed by atoms with Gasteiger partial charge in [-0.2, -0.15) is 0 Å². The molecule has 38 heavy (non-hydrogen) atoms. The van der Waals surface area contributed by atoms with Crippen molar-refractivity contribution in [2.24, 2.45) is 23.8 Å². The topological polar surface area (TPSA) is 127 Å². The first kappa shape index (κ1) is 25.0. The van der Waals surface area contributed by atoms with Gasteiger partial charge in [-0.15, -0.1) is 5.10 Å². The highest BCUT2D eigenvalue weighted by Crippen LogP contribution is 2.32. The van der Waals surface area contributed by atoms with Crippen LogP contribution in [0.25, 0.3) is 16.6 Å². The summed E-state index contributed by atoms with van der Waals surface area (Å²) >= 11 is 0. The van der Waals surface area contributed by atoms with E-state index >= 15 is 0 Å². The third kappa shape index (κ3) is 5.23. The van der Waals surface area contributed by atoms with Gasteiger partial charge in [0, 0.05) is 18.3 Å². The normalized spacial score (nSPS) is 13.7. The number of imidazole rings is 1. The lowest BCUT2D eigenvalue weighted by molar-refractivity contribution is 0.0975. The number of amides is 1. The van der Waals surface area contributed by atoms with Crippen LogP contribution in [0.15, 0.2) is 84.0 Å². The number of nitrogens with one attached hydrogen (secondary N) is 2. The molecule has 1 heterocycles. The van der Waals surface area contributed by atoms with Crippen molar-refractivity contribution in [2.75, 3.05) is 4.90 Å². The van der Waals surface area contributed by atoms with Gasteiger partial charge in [-0.05, 0) is 78.8 Å². The third-order valence-corrected chi connectivity index (χ3v) is 6.90. The van der Waals surface area contributed by atoms with Crippen molar-refractivity contribution in [1.29, 1.82) is 0 Å². The van der Waals surface area contributed by atoms with Crippen LogP contribution < -0.4 is 27.3 Å². The Kier molecular flexibility index (Phi) is 7.37. The number of guanidine groups is 1. The van der Waals surface area contributed by atoms with Crippen molar-refractivity contribution in [3.05, 3.63) is 95.6 Å². The van der Waals surface area contributed by atoms with Crippen LogP contribution in [0.1, 0.15) is 47.2 Å². The number of hydrogen-bond donors (Lipinski definition) is 4. The Hall–Kier alpha value is -4.63. The van der Waals surface area contributed by atoms with Crippen LogP contribution in [-0.4, -0.2) is 21.4 Å². The molecule has 6 N–H and O–H groups in total. The number of carbonyl (C=O) groups excluding carboxylic acids is 1. The summed E-state index contributed by atoms with van der Waals surface area (Å²) in [6, 6.07) is 24.3. The SMILES string of the molecule is Cn1c(N(Cc2ccc(C(=O)N/C(=N/N)NN)cc2)c2ccc(C3=CCCCC3)cc2)nc2ccccc21. The molecule has 0 aliphatic heterocycles. The molecule has 0 spiro atoms. The Bertz CT molecular complexity index is 1490. The van der Waals surface area contributed by atoms with E-state index in [-0.39, 0.29) is 11.9 Å². The van der Waals surface area contributed by atoms with Crippen molar-refractivity contribution in [3.63, 3.8) is 0 Å². The van der Waals surface area contributed by atoms with E-state index < -0.39 is 0 Å². The molecule has 1 amide bonds. The summed E-state index contributed by atoms with van der Waals surface area (Å²) in [5.74, 6) is 11.0. The molecular weight excluding hydrogens is 476 g/mol. The van der Waals surface area contributed by atoms with Crippen molar-refractivity contribution in [1.82, 2.24) is 20.3 Å². The quantitative estimate of drug-likeness (QED) is 0.133. The molecule has 0 radical (unpaired) electrons. The minimum Gasteiger partial charge on any atom is -0.320 e. The molecule has 0 saturated heterocycles. The fourth-order valence-corrected chi connectivity index (χ4v) is 4.84. The van der Waals surface area contributed by atoms with Gasteiger partial charge in [-0.25, -0.2) is 10.8 Å². The van der Waals surface area contributed by atoms with Crippen molar-refractivity contribution in [2.45, 2.75) is 32.2 Å². The number of allylic oxidation sites excluding steroid dienone is 2. The van der Waals surface area contributed by atoms with Gasteiger partial charge < -0.3 is 15.3 Å². The Labute approximate surface area is 221 Å². The maximum Gasteiger partial charge on any atom is 0.258 e. The number of hydrogen-bond acceptors (Lipinski definition) is 6. The maximum absolute atomic E-state index is 12.5. The summed E-state index contributed by atoms with van der Waals surface area (Å²) < 4.78 is 2.11. The van der Waals surface area contributed by atoms with Gasteiger partial charge in [0.25, 0.3) is 5.91 Å². The number of para-hydroxylation sites is 2. The number of nitrogens with two attached hydrogens (primary N) is 2. The van der Waals surface area contributed by atoms with Gasteiger partial charge in [0.05, 0.1) is 17.6 Å². The summed E-state index contributed by atoms with van der Waals surface area (Å²) in [6.07, 6.45) is 7.17. The second kappa shape index (κ2) is 11.2. The van der Waals surface area contributed by atoms with Crippen LogP contribution in [0, 0.1) is 0 Å². The fourth-order valence-electron chi connectivity index (χ4n) is 4.84. The number of fused-ring (bicyclic) bond motifs is 1. The first-order valence-electron chi connectivity index (χ1n) is 12.7. The number of rotatable bonds is 6. The predicted molar refractivity (Wildman–Crippen MR) is 152 cm³/mol. The highest BCUT2D eigenvalue weighted by molar-refractivity contribution is 6.05. The summed E-state index contributed by atoms with van der Waals surface area (Å²) in [4.78, 5) is 19.6. The van der Waals surface area contributed by atoms with E-state index in [0.717, 1.165) is 41.1 Å². The van der Waals surface area contributed by atoms with E-state index in [0.29, 0.717) is 12.1 Å². The van der Waals surface area contributed by atoms with Gasteiger partial charge in [-0.3, -0.25) is 15.5 Å². The lowest BCUT2D eigenvalue weighted by Gasteiger charge is -2.25. The molecule has 1 aliphatic rings. The zero-order valence-corrected chi connectivity index (χ0v) is 21.4. The molecule has 1 aromatic heterocycles. The highest BCUT2D eigenvalue weighted by atomic mass is 16.1. The minimum atomic E-state index is -0.362. The number of carbonyl (C=O) groups is 1. The van der Waals surface area contributed by atoms with E-state index in [1.54, 1.807) is 12.1 Å². The van der Waals surface area contributed by atoms with Crippen LogP contribution in [0.4, 0.5) is 11.6 Å². The molecule has 9 nitrogen and oxygen atoms in total. The molecule has 0 bridgehead atoms. The monoisotopic (exact) mass is 508 g/mol. The Balaban J connectivity index is 1.46. The number of hydrazone groups is 1. The second-order valence-corrected chi connectivity index (χ2v) is 9.34. The fraction of sp³-hybridized carbons (Fsp3) is 0.207. The summed E-state index contributed by atoms with van der Waals surface area (Å²) in [5, 5.41) is 5.91. The van der Waals surface area contributed by atoms with Gasteiger partial charge in [-0.1, -0.05) is 42.5 Å². The molecule has 1 aliphatic carbocycles. The number of aromatic nitrogens is 2. The molecule has 5 rings (SSSR count). The van der Waals surface area contributed by atoms with Gasteiger partial charge in [0.2, 0.25) is 11.9 Å². The summed E-state index contributed by atoms with van der Waals surface area (Å²) in [7, 11) is 2.04. The van der Waals surface area contributed by atoms with Crippen LogP contribution >= 0.6 is 0 Å². The number of nitrogens with zero attached hydrogens (tertiary/aromatic N) is 4. The average Bonchev–Trinajstić information content (AvgIpc) is 3.31. The number of anilines is 2. The average molecular weight is 509 g/mol. The van der Waals surface area contributed by atoms with Crippen LogP contribution in [0.5, 0.6) is 0 Å². The largest absolute Gasteiger partial charge is 0.320 e. The van der Waals surface area contributed by atoms with Gasteiger partial charge in [0.15, 0.2) is 0 Å². The van der Waals surface area contributed by atoms with E-state index in [2.05, 4.69) is 61.7 Å². The van der Waals surface area contributed by atoms with Crippen molar-refractivity contribution in [3.8, 4) is 0 Å². The molecule has 194 valence electrons. The molecular formula is C29H32N8O. The van der Waals surface area contributed by atoms with Crippen molar-refractivity contribution >= 4 is 40.1 Å². The van der Waals surface area contributed by atoms with Gasteiger partial charge >= 0.3 is 0 Å². The van der Waals surface area contributed by atoms with Crippen LogP contribution in [0.2, 0.25) is 0 Å². The van der Waals surface area contributed by atoms with Crippen molar-refractivity contribution < 1.29 is 4.79 Å². The molecule has 9 heteroatoms. The van der Waals surface area contributed by atoms with Crippen LogP contribution in [-0.2, 0) is 13.6 Å².